The van der Waals surface area contributed by atoms with Crippen LogP contribution >= 0.6 is 0 Å². The average Bonchev–Trinajstić information content (AvgIpc) is 2.48. The molecule has 0 aromatic heterocycles. The third-order valence-electron chi connectivity index (χ3n) is 3.90. The Kier molecular flexibility index (Phi) is 13.3. The van der Waals surface area contributed by atoms with E-state index in [1.807, 2.05) is 0 Å². The molecule has 0 aliphatic carbocycles. The first-order chi connectivity index (χ1) is 10.2. The van der Waals surface area contributed by atoms with Crippen LogP contribution in [0.4, 0.5) is 0 Å². The highest BCUT2D eigenvalue weighted by atomic mass is 16.2. The molecule has 0 fully saturated rings. The van der Waals surface area contributed by atoms with E-state index in [4.69, 9.17) is 0 Å². The molecule has 0 N–H and O–H groups in total. The lowest BCUT2D eigenvalue weighted by atomic mass is 9.88. The maximum Gasteiger partial charge on any atom is 0.143 e. The van der Waals surface area contributed by atoms with Gasteiger partial charge < -0.3 is 4.79 Å². The van der Waals surface area contributed by atoms with Crippen LogP contribution in [0.5, 0.6) is 0 Å². The van der Waals surface area contributed by atoms with Crippen LogP contribution in [0.25, 0.3) is 0 Å². The van der Waals surface area contributed by atoms with Crippen LogP contribution in [0.1, 0.15) is 90.9 Å². The summed E-state index contributed by atoms with van der Waals surface area (Å²) in [4.78, 5) is 34.9. The average molecular weight is 296 g/mol. The Labute approximate surface area is 129 Å². The maximum atomic E-state index is 12.3. The van der Waals surface area contributed by atoms with Crippen molar-refractivity contribution >= 4 is 17.9 Å². The van der Waals surface area contributed by atoms with Crippen molar-refractivity contribution in [3.63, 3.8) is 0 Å². The lowest BCUT2D eigenvalue weighted by molar-refractivity contribution is -0.133. The van der Waals surface area contributed by atoms with E-state index >= 15 is 0 Å². The van der Waals surface area contributed by atoms with Gasteiger partial charge in [-0.2, -0.15) is 0 Å². The number of hydrogen-bond donors (Lipinski definition) is 0. The minimum atomic E-state index is -0.455. The summed E-state index contributed by atoms with van der Waals surface area (Å²) in [5.41, 5.74) is 0. The van der Waals surface area contributed by atoms with Gasteiger partial charge in [-0.25, -0.2) is 0 Å². The summed E-state index contributed by atoms with van der Waals surface area (Å²) in [5, 5.41) is 0. The van der Waals surface area contributed by atoms with E-state index in [1.54, 1.807) is 0 Å². The van der Waals surface area contributed by atoms with Gasteiger partial charge in [-0.1, -0.05) is 46.0 Å². The molecule has 0 aliphatic heterocycles. The van der Waals surface area contributed by atoms with Crippen LogP contribution in [-0.4, -0.2) is 17.9 Å². The van der Waals surface area contributed by atoms with Gasteiger partial charge >= 0.3 is 0 Å². The van der Waals surface area contributed by atoms with Crippen LogP contribution in [0, 0.1) is 5.92 Å². The van der Waals surface area contributed by atoms with Crippen molar-refractivity contribution in [1.82, 2.24) is 0 Å². The highest BCUT2D eigenvalue weighted by molar-refractivity contribution is 6.02. The lowest BCUT2D eigenvalue weighted by Gasteiger charge is -2.14. The van der Waals surface area contributed by atoms with E-state index in [0.717, 1.165) is 51.2 Å². The van der Waals surface area contributed by atoms with E-state index in [-0.39, 0.29) is 11.6 Å². The molecule has 0 saturated heterocycles. The Hall–Kier alpha value is -0.990. The van der Waals surface area contributed by atoms with Crippen molar-refractivity contribution in [2.45, 2.75) is 90.9 Å². The normalized spacial score (nSPS) is 12.1. The van der Waals surface area contributed by atoms with Crippen LogP contribution < -0.4 is 0 Å². The van der Waals surface area contributed by atoms with Crippen molar-refractivity contribution < 1.29 is 14.4 Å². The predicted molar refractivity (Wildman–Crippen MR) is 86.3 cm³/mol. The first-order valence-electron chi connectivity index (χ1n) is 8.66. The third kappa shape index (κ3) is 10.4. The number of rotatable bonds is 15. The van der Waals surface area contributed by atoms with Crippen molar-refractivity contribution in [3.05, 3.63) is 0 Å². The van der Waals surface area contributed by atoms with E-state index in [1.165, 1.54) is 0 Å². The smallest absolute Gasteiger partial charge is 0.143 e. The van der Waals surface area contributed by atoms with Crippen molar-refractivity contribution in [2.24, 2.45) is 5.92 Å². The van der Waals surface area contributed by atoms with Crippen molar-refractivity contribution in [3.8, 4) is 0 Å². The van der Waals surface area contributed by atoms with E-state index in [9.17, 15) is 14.4 Å². The van der Waals surface area contributed by atoms with Gasteiger partial charge in [0.25, 0.3) is 0 Å². The van der Waals surface area contributed by atoms with Crippen molar-refractivity contribution in [1.29, 1.82) is 0 Å². The lowest BCUT2D eigenvalue weighted by Crippen LogP contribution is -2.24. The molecule has 122 valence electrons. The summed E-state index contributed by atoms with van der Waals surface area (Å²) in [6, 6.07) is 0. The molecular formula is C18H32O3. The fourth-order valence-electron chi connectivity index (χ4n) is 2.53. The molecule has 0 spiro atoms. The van der Waals surface area contributed by atoms with Gasteiger partial charge in [0.15, 0.2) is 0 Å². The minimum absolute atomic E-state index is 0.0924. The standard InChI is InChI=1S/C18H32O3/c1-3-5-7-9-14-18(21)16(12-10-11-15-19)17(20)13-8-6-4-2/h15-16H,3-14H2,1-2H3. The Balaban J connectivity index is 4.30. The molecule has 21 heavy (non-hydrogen) atoms. The molecule has 0 aromatic carbocycles. The second-order valence-corrected chi connectivity index (χ2v) is 5.85. The molecule has 0 radical (unpaired) electrons. The first-order valence-corrected chi connectivity index (χ1v) is 8.66. The molecule has 0 aliphatic rings. The molecule has 0 amide bonds. The first kappa shape index (κ1) is 20.0. The molecule has 0 aromatic rings. The summed E-state index contributed by atoms with van der Waals surface area (Å²) in [6.45, 7) is 4.24. The highest BCUT2D eigenvalue weighted by Crippen LogP contribution is 2.18. The number of hydrogen-bond acceptors (Lipinski definition) is 3. The van der Waals surface area contributed by atoms with Gasteiger partial charge in [-0.15, -0.1) is 0 Å². The molecule has 0 saturated carbocycles. The molecule has 1 atom stereocenters. The van der Waals surface area contributed by atoms with Crippen LogP contribution in [0.3, 0.4) is 0 Å². The fraction of sp³-hybridized carbons (Fsp3) is 0.833. The van der Waals surface area contributed by atoms with E-state index in [0.29, 0.717) is 32.1 Å². The van der Waals surface area contributed by atoms with Crippen molar-refractivity contribution in [2.75, 3.05) is 0 Å². The SMILES string of the molecule is CCCCCCC(=O)C(CCCC=O)C(=O)CCCCC. The number of Topliss-reactive ketones (excluding diaryl/α,β-unsaturated/α-hetero) is 2. The molecule has 0 heterocycles. The molecule has 3 heteroatoms. The summed E-state index contributed by atoms with van der Waals surface area (Å²) in [6.07, 6.45) is 10.8. The number of ketones is 2. The Morgan fingerprint density at radius 3 is 1.86 bits per heavy atom. The minimum Gasteiger partial charge on any atom is -0.303 e. The van der Waals surface area contributed by atoms with Gasteiger partial charge in [0.05, 0.1) is 5.92 Å². The Morgan fingerprint density at radius 2 is 1.33 bits per heavy atom. The summed E-state index contributed by atoms with van der Waals surface area (Å²) in [5.74, 6) is -0.267. The van der Waals surface area contributed by atoms with E-state index < -0.39 is 5.92 Å². The van der Waals surface area contributed by atoms with Gasteiger partial charge in [-0.3, -0.25) is 9.59 Å². The maximum absolute atomic E-state index is 12.3. The Bertz CT molecular complexity index is 297. The van der Waals surface area contributed by atoms with Gasteiger partial charge in [0.1, 0.15) is 17.9 Å². The number of unbranched alkanes of at least 4 members (excludes halogenated alkanes) is 6. The largest absolute Gasteiger partial charge is 0.303 e. The zero-order valence-electron chi connectivity index (χ0n) is 13.9. The fourth-order valence-corrected chi connectivity index (χ4v) is 2.53. The molecule has 0 rings (SSSR count). The van der Waals surface area contributed by atoms with Crippen LogP contribution in [0.15, 0.2) is 0 Å². The van der Waals surface area contributed by atoms with E-state index in [2.05, 4.69) is 13.8 Å². The molecule has 3 nitrogen and oxygen atoms in total. The number of carbonyl (C=O) groups is 3. The third-order valence-corrected chi connectivity index (χ3v) is 3.90. The molecular weight excluding hydrogens is 264 g/mol. The summed E-state index contributed by atoms with van der Waals surface area (Å²) < 4.78 is 0. The number of aldehydes is 1. The van der Waals surface area contributed by atoms with Gasteiger partial charge in [0.2, 0.25) is 0 Å². The van der Waals surface area contributed by atoms with Gasteiger partial charge in [-0.05, 0) is 25.7 Å². The Morgan fingerprint density at radius 1 is 0.810 bits per heavy atom. The van der Waals surface area contributed by atoms with Crippen LogP contribution in [-0.2, 0) is 14.4 Å². The number of carbonyl (C=O) groups excluding carboxylic acids is 3. The predicted octanol–water partition coefficient (Wildman–Crippen LogP) is 4.66. The van der Waals surface area contributed by atoms with Gasteiger partial charge in [0, 0.05) is 19.3 Å². The summed E-state index contributed by atoms with van der Waals surface area (Å²) >= 11 is 0. The summed E-state index contributed by atoms with van der Waals surface area (Å²) in [7, 11) is 0. The quantitative estimate of drug-likeness (QED) is 0.251. The zero-order valence-corrected chi connectivity index (χ0v) is 13.9. The van der Waals surface area contributed by atoms with Crippen LogP contribution in [0.2, 0.25) is 0 Å². The second kappa shape index (κ2) is 14.0. The zero-order chi connectivity index (χ0) is 15.9. The second-order valence-electron chi connectivity index (χ2n) is 5.85. The monoisotopic (exact) mass is 296 g/mol. The topological polar surface area (TPSA) is 51.2 Å². The highest BCUT2D eigenvalue weighted by Gasteiger charge is 2.24. The molecule has 1 unspecified atom stereocenters. The molecule has 0 bridgehead atoms.